The third-order valence-electron chi connectivity index (χ3n) is 2.30. The lowest BCUT2D eigenvalue weighted by Crippen LogP contribution is -2.34. The van der Waals surface area contributed by atoms with Crippen LogP contribution in [-0.4, -0.2) is 32.1 Å². The molecule has 2 aromatic rings. The van der Waals surface area contributed by atoms with Crippen LogP contribution in [0.4, 0.5) is 5.82 Å². The predicted octanol–water partition coefficient (Wildman–Crippen LogP) is 1.24. The summed E-state index contributed by atoms with van der Waals surface area (Å²) in [7, 11) is 0. The van der Waals surface area contributed by atoms with E-state index in [1.54, 1.807) is 32.3 Å². The molecule has 0 amide bonds. The lowest BCUT2D eigenvalue weighted by molar-refractivity contribution is -0.139. The van der Waals surface area contributed by atoms with E-state index >= 15 is 0 Å². The zero-order valence-electron chi connectivity index (χ0n) is 11.2. The Balaban J connectivity index is 0.000000221. The molecule has 0 fully saturated rings. The molecule has 0 aromatic carbocycles. The van der Waals surface area contributed by atoms with Crippen LogP contribution in [0.3, 0.4) is 0 Å². The molecule has 7 nitrogen and oxygen atoms in total. The van der Waals surface area contributed by atoms with Crippen LogP contribution >= 0.6 is 11.3 Å². The molecule has 0 unspecified atom stereocenters. The van der Waals surface area contributed by atoms with Crippen molar-refractivity contribution in [3.8, 4) is 10.8 Å². The third kappa shape index (κ3) is 4.90. The molecule has 5 N–H and O–H groups in total. The molecule has 0 saturated heterocycles. The molecule has 2 rings (SSSR count). The first-order chi connectivity index (χ1) is 9.41. The van der Waals surface area contributed by atoms with E-state index in [0.717, 1.165) is 5.01 Å². The maximum Gasteiger partial charge on any atom is 0.320 e. The number of nitrogens with two attached hydrogens (primary N) is 2. The van der Waals surface area contributed by atoms with Crippen molar-refractivity contribution in [3.63, 3.8) is 0 Å². The second-order valence-electron chi connectivity index (χ2n) is 4.25. The standard InChI is InChI=1S/C7H6N4S.C5H11NO2/c8-5-1-2-9-6(11-5)7-10-3-4-12-7;1-3(2)4(6)5(7)8/h1-4H,(H2,8,9,11);3-4H,6H2,1-2H3,(H,7,8)/t;4-/m.0/s1. The smallest absolute Gasteiger partial charge is 0.320 e. The zero-order chi connectivity index (χ0) is 15.1. The number of carbonyl (C=O) groups is 1. The van der Waals surface area contributed by atoms with Crippen LogP contribution in [-0.2, 0) is 4.79 Å². The van der Waals surface area contributed by atoms with Gasteiger partial charge < -0.3 is 16.6 Å². The van der Waals surface area contributed by atoms with E-state index in [2.05, 4.69) is 15.0 Å². The fourth-order valence-electron chi connectivity index (χ4n) is 1.09. The van der Waals surface area contributed by atoms with Gasteiger partial charge in [0.2, 0.25) is 0 Å². The summed E-state index contributed by atoms with van der Waals surface area (Å²) >= 11 is 1.49. The highest BCUT2D eigenvalue weighted by Gasteiger charge is 2.14. The minimum Gasteiger partial charge on any atom is -0.480 e. The maximum absolute atomic E-state index is 10.0. The summed E-state index contributed by atoms with van der Waals surface area (Å²) in [5.41, 5.74) is 10.7. The zero-order valence-corrected chi connectivity index (χ0v) is 12.0. The molecule has 8 heteroatoms. The highest BCUT2D eigenvalue weighted by atomic mass is 32.1. The van der Waals surface area contributed by atoms with Crippen molar-refractivity contribution in [2.24, 2.45) is 11.7 Å². The molecule has 2 aromatic heterocycles. The fourth-order valence-corrected chi connectivity index (χ4v) is 1.67. The molecule has 0 aliphatic heterocycles. The number of aromatic nitrogens is 3. The van der Waals surface area contributed by atoms with Crippen LogP contribution in [0, 0.1) is 5.92 Å². The van der Waals surface area contributed by atoms with Crippen molar-refractivity contribution in [2.45, 2.75) is 19.9 Å². The molecule has 0 radical (unpaired) electrons. The summed E-state index contributed by atoms with van der Waals surface area (Å²) in [5, 5.41) is 10.9. The Morgan fingerprint density at radius 3 is 2.45 bits per heavy atom. The molecule has 1 atom stereocenters. The van der Waals surface area contributed by atoms with Crippen molar-refractivity contribution in [1.82, 2.24) is 15.0 Å². The normalized spacial score (nSPS) is 11.6. The molecule has 20 heavy (non-hydrogen) atoms. The van der Waals surface area contributed by atoms with Crippen molar-refractivity contribution in [2.75, 3.05) is 5.73 Å². The number of nitrogen functional groups attached to an aromatic ring is 1. The average molecular weight is 295 g/mol. The number of hydrogen-bond acceptors (Lipinski definition) is 7. The first-order valence-corrected chi connectivity index (χ1v) is 6.76. The molecular formula is C12H17N5O2S. The van der Waals surface area contributed by atoms with Gasteiger partial charge in [-0.25, -0.2) is 15.0 Å². The van der Waals surface area contributed by atoms with Crippen LogP contribution < -0.4 is 11.5 Å². The van der Waals surface area contributed by atoms with Gasteiger partial charge >= 0.3 is 5.97 Å². The first-order valence-electron chi connectivity index (χ1n) is 5.88. The first kappa shape index (κ1) is 16.0. The molecule has 0 bridgehead atoms. The summed E-state index contributed by atoms with van der Waals surface area (Å²) < 4.78 is 0. The Bertz CT molecular complexity index is 545. The Morgan fingerprint density at radius 1 is 1.35 bits per heavy atom. The molecule has 0 aliphatic carbocycles. The molecule has 0 spiro atoms. The van der Waals surface area contributed by atoms with Crippen LogP contribution in [0.25, 0.3) is 10.8 Å². The average Bonchev–Trinajstić information content (AvgIpc) is 2.92. The highest BCUT2D eigenvalue weighted by Crippen LogP contribution is 2.17. The number of carboxylic acid groups (broad SMARTS) is 1. The van der Waals surface area contributed by atoms with E-state index in [1.165, 1.54) is 11.3 Å². The van der Waals surface area contributed by atoms with Crippen molar-refractivity contribution < 1.29 is 9.90 Å². The van der Waals surface area contributed by atoms with Crippen LogP contribution in [0.5, 0.6) is 0 Å². The van der Waals surface area contributed by atoms with Gasteiger partial charge in [0, 0.05) is 17.8 Å². The molecule has 0 saturated carbocycles. The van der Waals surface area contributed by atoms with Gasteiger partial charge in [-0.1, -0.05) is 13.8 Å². The van der Waals surface area contributed by atoms with E-state index < -0.39 is 12.0 Å². The van der Waals surface area contributed by atoms with Gasteiger partial charge in [0.05, 0.1) is 0 Å². The fraction of sp³-hybridized carbons (Fsp3) is 0.333. The van der Waals surface area contributed by atoms with Crippen LogP contribution in [0.1, 0.15) is 13.8 Å². The number of rotatable bonds is 3. The second kappa shape index (κ2) is 7.51. The van der Waals surface area contributed by atoms with E-state index in [-0.39, 0.29) is 5.92 Å². The van der Waals surface area contributed by atoms with Crippen LogP contribution in [0.2, 0.25) is 0 Å². The maximum atomic E-state index is 10.0. The second-order valence-corrected chi connectivity index (χ2v) is 5.14. The molecule has 0 aliphatic rings. The Kier molecular flexibility index (Phi) is 6.01. The Morgan fingerprint density at radius 2 is 2.05 bits per heavy atom. The van der Waals surface area contributed by atoms with Crippen molar-refractivity contribution in [3.05, 3.63) is 23.8 Å². The molecule has 108 valence electrons. The summed E-state index contributed by atoms with van der Waals surface area (Å²) in [6.07, 6.45) is 3.34. The van der Waals surface area contributed by atoms with Gasteiger partial charge in [0.15, 0.2) is 10.8 Å². The van der Waals surface area contributed by atoms with Gasteiger partial charge in [0.1, 0.15) is 11.9 Å². The Labute approximate surface area is 120 Å². The number of carboxylic acids is 1. The number of anilines is 1. The van der Waals surface area contributed by atoms with Crippen LogP contribution in [0.15, 0.2) is 23.8 Å². The van der Waals surface area contributed by atoms with Gasteiger partial charge in [0.25, 0.3) is 0 Å². The largest absolute Gasteiger partial charge is 0.480 e. The Hall–Kier alpha value is -2.06. The predicted molar refractivity (Wildman–Crippen MR) is 78.0 cm³/mol. The number of thiazole rings is 1. The van der Waals surface area contributed by atoms with E-state index in [4.69, 9.17) is 16.6 Å². The summed E-state index contributed by atoms with van der Waals surface area (Å²) in [4.78, 5) is 22.2. The topological polar surface area (TPSA) is 128 Å². The molecular weight excluding hydrogens is 278 g/mol. The minimum atomic E-state index is -0.931. The summed E-state index contributed by atoms with van der Waals surface area (Å²) in [6, 6.07) is 0.937. The van der Waals surface area contributed by atoms with E-state index in [1.807, 2.05) is 5.38 Å². The number of nitrogens with zero attached hydrogens (tertiary/aromatic N) is 3. The monoisotopic (exact) mass is 295 g/mol. The van der Waals surface area contributed by atoms with Gasteiger partial charge in [-0.3, -0.25) is 4.79 Å². The quantitative estimate of drug-likeness (QED) is 0.777. The minimum absolute atomic E-state index is 0.0208. The SMILES string of the molecule is CC(C)[C@H](N)C(=O)O.Nc1ccnc(-c2nccs2)n1. The van der Waals surface area contributed by atoms with Gasteiger partial charge in [-0.15, -0.1) is 11.3 Å². The number of aliphatic carboxylic acids is 1. The lowest BCUT2D eigenvalue weighted by Gasteiger charge is -2.07. The number of hydrogen-bond donors (Lipinski definition) is 3. The van der Waals surface area contributed by atoms with Crippen molar-refractivity contribution in [1.29, 1.82) is 0 Å². The van der Waals surface area contributed by atoms with E-state index in [9.17, 15) is 4.79 Å². The van der Waals surface area contributed by atoms with Crippen molar-refractivity contribution >= 4 is 23.1 Å². The molecule has 2 heterocycles. The van der Waals surface area contributed by atoms with Gasteiger partial charge in [-0.05, 0) is 12.0 Å². The summed E-state index contributed by atoms with van der Waals surface area (Å²) in [5.74, 6) is 0.146. The van der Waals surface area contributed by atoms with Gasteiger partial charge in [-0.2, -0.15) is 0 Å². The summed E-state index contributed by atoms with van der Waals surface area (Å²) in [6.45, 7) is 3.55. The highest BCUT2D eigenvalue weighted by molar-refractivity contribution is 7.12. The van der Waals surface area contributed by atoms with E-state index in [0.29, 0.717) is 11.6 Å². The third-order valence-corrected chi connectivity index (χ3v) is 3.07. The lowest BCUT2D eigenvalue weighted by atomic mass is 10.1.